The largest absolute Gasteiger partial charge is 0.435 e. The average molecular weight is 439 g/mol. The van der Waals surface area contributed by atoms with Gasteiger partial charge in [0, 0.05) is 5.56 Å². The highest BCUT2D eigenvalue weighted by atomic mass is 19.3. The SMILES string of the molecule is C/C=C/C1CCC2CC(c3ccc(C#Cc4ccc(OC(F)F)cc4)c(F)c3)CCC2C1. The second-order valence-corrected chi connectivity index (χ2v) is 9.02. The van der Waals surface area contributed by atoms with Gasteiger partial charge in [-0.15, -0.1) is 0 Å². The fourth-order valence-corrected chi connectivity index (χ4v) is 5.42. The van der Waals surface area contributed by atoms with E-state index in [1.165, 1.54) is 37.8 Å². The van der Waals surface area contributed by atoms with E-state index in [1.54, 1.807) is 24.3 Å². The summed E-state index contributed by atoms with van der Waals surface area (Å²) < 4.78 is 43.6. The van der Waals surface area contributed by atoms with E-state index in [0.29, 0.717) is 17.0 Å². The molecule has 4 unspecified atom stereocenters. The van der Waals surface area contributed by atoms with Crippen molar-refractivity contribution in [3.05, 3.63) is 77.1 Å². The van der Waals surface area contributed by atoms with Crippen LogP contribution in [0.1, 0.15) is 68.1 Å². The van der Waals surface area contributed by atoms with Gasteiger partial charge in [0.05, 0.1) is 5.56 Å². The molecule has 4 heteroatoms. The molecule has 2 aliphatic rings. The van der Waals surface area contributed by atoms with E-state index in [2.05, 4.69) is 35.7 Å². The molecule has 2 saturated carbocycles. The van der Waals surface area contributed by atoms with Gasteiger partial charge in [-0.05, 0) is 111 Å². The summed E-state index contributed by atoms with van der Waals surface area (Å²) in [6, 6.07) is 11.5. The zero-order chi connectivity index (χ0) is 22.5. The smallest absolute Gasteiger partial charge is 0.387 e. The van der Waals surface area contributed by atoms with Crippen molar-refractivity contribution < 1.29 is 17.9 Å². The molecule has 0 aliphatic heterocycles. The van der Waals surface area contributed by atoms with E-state index in [1.807, 2.05) is 6.07 Å². The van der Waals surface area contributed by atoms with Crippen LogP contribution in [0.4, 0.5) is 13.2 Å². The molecule has 2 fully saturated rings. The van der Waals surface area contributed by atoms with E-state index in [4.69, 9.17) is 0 Å². The molecule has 0 saturated heterocycles. The fraction of sp³-hybridized carbons (Fsp3) is 0.429. The number of ether oxygens (including phenoxy) is 1. The number of alkyl halides is 2. The number of hydrogen-bond acceptors (Lipinski definition) is 1. The van der Waals surface area contributed by atoms with Crippen LogP contribution in [0.15, 0.2) is 54.6 Å². The lowest BCUT2D eigenvalue weighted by Gasteiger charge is -2.41. The van der Waals surface area contributed by atoms with Crippen LogP contribution in [0.2, 0.25) is 0 Å². The van der Waals surface area contributed by atoms with Gasteiger partial charge in [0.1, 0.15) is 11.6 Å². The summed E-state index contributed by atoms with van der Waals surface area (Å²) in [6.07, 6.45) is 11.9. The highest BCUT2D eigenvalue weighted by molar-refractivity contribution is 5.45. The Bertz CT molecular complexity index is 1000. The van der Waals surface area contributed by atoms with Crippen molar-refractivity contribution in [2.75, 3.05) is 0 Å². The maximum Gasteiger partial charge on any atom is 0.387 e. The monoisotopic (exact) mass is 438 g/mol. The van der Waals surface area contributed by atoms with E-state index in [9.17, 15) is 13.2 Å². The lowest BCUT2D eigenvalue weighted by atomic mass is 9.64. The van der Waals surface area contributed by atoms with Crippen molar-refractivity contribution in [2.24, 2.45) is 17.8 Å². The van der Waals surface area contributed by atoms with Gasteiger partial charge >= 0.3 is 6.61 Å². The first-order valence-electron chi connectivity index (χ1n) is 11.5. The molecule has 2 aromatic carbocycles. The van der Waals surface area contributed by atoms with E-state index in [-0.39, 0.29) is 11.6 Å². The summed E-state index contributed by atoms with van der Waals surface area (Å²) >= 11 is 0. The molecular weight excluding hydrogens is 409 g/mol. The number of rotatable bonds is 4. The molecule has 32 heavy (non-hydrogen) atoms. The number of halogens is 3. The molecule has 4 atom stereocenters. The zero-order valence-electron chi connectivity index (χ0n) is 18.4. The second-order valence-electron chi connectivity index (χ2n) is 9.02. The standard InChI is InChI=1S/C28H29F3O/c1-2-3-20-5-9-23-17-24(13-12-22(23)16-20)25-11-10-21(27(29)18-25)8-4-19-6-14-26(15-7-19)32-28(30)31/h2-3,6-7,10-11,14-15,18,20,22-24,28H,5,9,12-13,16-17H2,1H3/b3-2+. The van der Waals surface area contributed by atoms with E-state index in [0.717, 1.165) is 36.2 Å². The fourth-order valence-electron chi connectivity index (χ4n) is 5.42. The number of benzene rings is 2. The predicted molar refractivity (Wildman–Crippen MR) is 121 cm³/mol. The van der Waals surface area contributed by atoms with Gasteiger partial charge in [0.15, 0.2) is 0 Å². The molecule has 0 bridgehead atoms. The minimum Gasteiger partial charge on any atom is -0.435 e. The average Bonchev–Trinajstić information content (AvgIpc) is 2.79. The summed E-state index contributed by atoms with van der Waals surface area (Å²) in [5.74, 6) is 8.27. The highest BCUT2D eigenvalue weighted by Gasteiger charge is 2.35. The molecule has 2 aliphatic carbocycles. The van der Waals surface area contributed by atoms with Crippen LogP contribution in [0.3, 0.4) is 0 Å². The molecule has 168 valence electrons. The number of fused-ring (bicyclic) bond motifs is 1. The third-order valence-corrected chi connectivity index (χ3v) is 7.00. The molecule has 4 rings (SSSR count). The molecule has 0 radical (unpaired) electrons. The minimum atomic E-state index is -2.86. The Morgan fingerprint density at radius 1 is 0.938 bits per heavy atom. The summed E-state index contributed by atoms with van der Waals surface area (Å²) in [5.41, 5.74) is 2.04. The van der Waals surface area contributed by atoms with Gasteiger partial charge in [-0.1, -0.05) is 30.1 Å². The van der Waals surface area contributed by atoms with Crippen LogP contribution in [0, 0.1) is 35.4 Å². The lowest BCUT2D eigenvalue weighted by Crippen LogP contribution is -2.30. The van der Waals surface area contributed by atoms with Gasteiger partial charge < -0.3 is 4.74 Å². The summed E-state index contributed by atoms with van der Waals surface area (Å²) in [4.78, 5) is 0. The van der Waals surface area contributed by atoms with Crippen LogP contribution in [-0.4, -0.2) is 6.61 Å². The summed E-state index contributed by atoms with van der Waals surface area (Å²) in [7, 11) is 0. The molecule has 1 nitrogen and oxygen atoms in total. The van der Waals surface area contributed by atoms with Gasteiger partial charge in [0.2, 0.25) is 0 Å². The minimum absolute atomic E-state index is 0.0751. The molecule has 0 spiro atoms. The normalized spacial score (nSPS) is 25.3. The molecule has 0 N–H and O–H groups in total. The third kappa shape index (κ3) is 5.57. The molecule has 0 aromatic heterocycles. The number of allylic oxidation sites excluding steroid dienone is 2. The van der Waals surface area contributed by atoms with Gasteiger partial charge in [-0.3, -0.25) is 0 Å². The first kappa shape index (κ1) is 22.5. The van der Waals surface area contributed by atoms with Crippen LogP contribution in [-0.2, 0) is 0 Å². The van der Waals surface area contributed by atoms with Crippen molar-refractivity contribution in [2.45, 2.75) is 58.0 Å². The Hall–Kier alpha value is -2.67. The summed E-state index contributed by atoms with van der Waals surface area (Å²) in [6.45, 7) is -0.754. The molecular formula is C28H29F3O. The van der Waals surface area contributed by atoms with Crippen molar-refractivity contribution in [1.29, 1.82) is 0 Å². The summed E-state index contributed by atoms with van der Waals surface area (Å²) in [5, 5.41) is 0. The topological polar surface area (TPSA) is 9.23 Å². The molecule has 0 heterocycles. The highest BCUT2D eigenvalue weighted by Crippen LogP contribution is 2.47. The van der Waals surface area contributed by atoms with Gasteiger partial charge in [0.25, 0.3) is 0 Å². The van der Waals surface area contributed by atoms with Gasteiger partial charge in [-0.25, -0.2) is 4.39 Å². The first-order valence-corrected chi connectivity index (χ1v) is 11.5. The first-order chi connectivity index (χ1) is 15.5. The second kappa shape index (κ2) is 10.3. The van der Waals surface area contributed by atoms with Crippen LogP contribution in [0.5, 0.6) is 5.75 Å². The van der Waals surface area contributed by atoms with Crippen LogP contribution in [0.25, 0.3) is 0 Å². The van der Waals surface area contributed by atoms with Crippen molar-refractivity contribution in [3.8, 4) is 17.6 Å². The van der Waals surface area contributed by atoms with Crippen molar-refractivity contribution >= 4 is 0 Å². The van der Waals surface area contributed by atoms with E-state index < -0.39 is 6.61 Å². The quantitative estimate of drug-likeness (QED) is 0.351. The Kier molecular flexibility index (Phi) is 7.25. The lowest BCUT2D eigenvalue weighted by molar-refractivity contribution is -0.0498. The van der Waals surface area contributed by atoms with Gasteiger partial charge in [-0.2, -0.15) is 8.78 Å². The maximum absolute atomic E-state index is 14.8. The third-order valence-electron chi connectivity index (χ3n) is 7.00. The Morgan fingerprint density at radius 2 is 1.69 bits per heavy atom. The predicted octanol–water partition coefficient (Wildman–Crippen LogP) is 7.70. The zero-order valence-corrected chi connectivity index (χ0v) is 18.4. The Morgan fingerprint density at radius 3 is 2.41 bits per heavy atom. The van der Waals surface area contributed by atoms with E-state index >= 15 is 0 Å². The molecule has 0 amide bonds. The van der Waals surface area contributed by atoms with Crippen molar-refractivity contribution in [1.82, 2.24) is 0 Å². The van der Waals surface area contributed by atoms with Crippen LogP contribution < -0.4 is 4.74 Å². The Balaban J connectivity index is 1.40. The van der Waals surface area contributed by atoms with Crippen molar-refractivity contribution in [3.63, 3.8) is 0 Å². The number of hydrogen-bond donors (Lipinski definition) is 0. The van der Waals surface area contributed by atoms with Crippen LogP contribution >= 0.6 is 0 Å². The Labute approximate surface area is 188 Å². The maximum atomic E-state index is 14.8. The molecule has 2 aromatic rings.